The molecule has 1 N–H and O–H groups in total. The topological polar surface area (TPSA) is 50.1 Å². The van der Waals surface area contributed by atoms with E-state index in [4.69, 9.17) is 5.41 Å². The fourth-order valence-electron chi connectivity index (χ4n) is 1.47. The maximum atomic E-state index is 10.5. The van der Waals surface area contributed by atoms with Gasteiger partial charge in [0.25, 0.3) is 0 Å². The molecule has 1 saturated carbocycles. The Morgan fingerprint density at radius 3 is 2.40 bits per heavy atom. The van der Waals surface area contributed by atoms with Crippen LogP contribution in [0.25, 0.3) is 0 Å². The monoisotopic (exact) mass is 221 g/mol. The van der Waals surface area contributed by atoms with E-state index in [1.54, 1.807) is 12.1 Å². The average molecular weight is 221 g/mol. The molecule has 4 heteroatoms. The summed E-state index contributed by atoms with van der Waals surface area (Å²) < 4.78 is 4.56. The van der Waals surface area contributed by atoms with Crippen LogP contribution in [0, 0.1) is 5.41 Å². The minimum Gasteiger partial charge on any atom is -0.399 e. The Hall–Kier alpha value is -1.29. The van der Waals surface area contributed by atoms with E-state index in [9.17, 15) is 4.79 Å². The van der Waals surface area contributed by atoms with Gasteiger partial charge in [-0.25, -0.2) is 4.79 Å². The maximum absolute atomic E-state index is 10.5. The van der Waals surface area contributed by atoms with Crippen LogP contribution in [0.4, 0.5) is 4.79 Å². The zero-order chi connectivity index (χ0) is 10.8. The summed E-state index contributed by atoms with van der Waals surface area (Å²) in [5.41, 5.74) is 1.89. The summed E-state index contributed by atoms with van der Waals surface area (Å²) in [6.07, 6.45) is 2.50. The third kappa shape index (κ3) is 2.59. The van der Waals surface area contributed by atoms with Gasteiger partial charge in [0.15, 0.2) is 0 Å². The van der Waals surface area contributed by atoms with Crippen molar-refractivity contribution in [2.75, 3.05) is 0 Å². The normalized spacial score (nSPS) is 14.7. The summed E-state index contributed by atoms with van der Waals surface area (Å²) in [5.74, 6) is 0.540. The molecule has 78 valence electrons. The summed E-state index contributed by atoms with van der Waals surface area (Å²) >= 11 is 3.45. The van der Waals surface area contributed by atoms with Gasteiger partial charge in [0.2, 0.25) is 5.90 Å². The molecule has 0 bridgehead atoms. The van der Waals surface area contributed by atoms with Gasteiger partial charge in [0.1, 0.15) is 0 Å². The SMILES string of the molecule is N=C(OC(=O)S)c1ccc(C2CC2)cc1. The lowest BCUT2D eigenvalue weighted by Gasteiger charge is -2.03. The lowest BCUT2D eigenvalue weighted by Crippen LogP contribution is -2.06. The summed E-state index contributed by atoms with van der Waals surface area (Å²) in [6, 6.07) is 7.56. The number of carbonyl (C=O) groups excluding carboxylic acids is 1. The van der Waals surface area contributed by atoms with Crippen molar-refractivity contribution in [3.63, 3.8) is 0 Å². The third-order valence-electron chi connectivity index (χ3n) is 2.41. The van der Waals surface area contributed by atoms with Gasteiger partial charge in [-0.3, -0.25) is 5.41 Å². The Bertz CT molecular complexity index is 396. The Morgan fingerprint density at radius 1 is 1.33 bits per heavy atom. The van der Waals surface area contributed by atoms with E-state index in [-0.39, 0.29) is 5.90 Å². The zero-order valence-corrected chi connectivity index (χ0v) is 8.96. The van der Waals surface area contributed by atoms with Crippen LogP contribution in [0.5, 0.6) is 0 Å². The standard InChI is InChI=1S/C11H11NO2S/c12-10(14-11(13)15)9-5-3-8(4-6-9)7-1-2-7/h3-7,12H,1-2H2,(H,13,15). The minimum atomic E-state index is -0.758. The molecule has 0 radical (unpaired) electrons. The van der Waals surface area contributed by atoms with Crippen molar-refractivity contribution in [3.8, 4) is 0 Å². The highest BCUT2D eigenvalue weighted by atomic mass is 32.1. The molecule has 0 heterocycles. The maximum Gasteiger partial charge on any atom is 0.370 e. The molecule has 1 aliphatic rings. The Morgan fingerprint density at radius 2 is 1.93 bits per heavy atom. The highest BCUT2D eigenvalue weighted by Gasteiger charge is 2.23. The average Bonchev–Trinajstić information content (AvgIpc) is 3.00. The zero-order valence-electron chi connectivity index (χ0n) is 8.06. The van der Waals surface area contributed by atoms with E-state index in [0.717, 1.165) is 0 Å². The van der Waals surface area contributed by atoms with Gasteiger partial charge in [-0.05, 0) is 36.5 Å². The molecule has 1 aromatic carbocycles. The number of thiol groups is 1. The fraction of sp³-hybridized carbons (Fsp3) is 0.273. The van der Waals surface area contributed by atoms with E-state index in [1.165, 1.54) is 18.4 Å². The number of hydrogen-bond donors (Lipinski definition) is 2. The number of nitrogens with one attached hydrogen (secondary N) is 1. The highest BCUT2D eigenvalue weighted by molar-refractivity contribution is 7.96. The number of rotatable bonds is 2. The van der Waals surface area contributed by atoms with Crippen LogP contribution >= 0.6 is 12.6 Å². The fourth-order valence-corrected chi connectivity index (χ4v) is 1.56. The van der Waals surface area contributed by atoms with E-state index in [1.807, 2.05) is 12.1 Å². The van der Waals surface area contributed by atoms with Gasteiger partial charge in [0, 0.05) is 5.56 Å². The molecule has 15 heavy (non-hydrogen) atoms. The number of carbonyl (C=O) groups is 1. The van der Waals surface area contributed by atoms with Gasteiger partial charge in [-0.1, -0.05) is 24.8 Å². The second-order valence-corrected chi connectivity index (χ2v) is 3.96. The van der Waals surface area contributed by atoms with E-state index in [2.05, 4.69) is 17.4 Å². The molecule has 0 saturated heterocycles. The molecule has 1 aromatic rings. The van der Waals surface area contributed by atoms with E-state index >= 15 is 0 Å². The van der Waals surface area contributed by atoms with Crippen molar-refractivity contribution in [2.45, 2.75) is 18.8 Å². The molecular formula is C11H11NO2S. The second-order valence-electron chi connectivity index (χ2n) is 3.59. The van der Waals surface area contributed by atoms with Crippen LogP contribution in [0.15, 0.2) is 24.3 Å². The second kappa shape index (κ2) is 4.06. The van der Waals surface area contributed by atoms with Crippen molar-refractivity contribution < 1.29 is 9.53 Å². The quantitative estimate of drug-likeness (QED) is 0.349. The number of benzene rings is 1. The molecule has 2 rings (SSSR count). The van der Waals surface area contributed by atoms with Crippen molar-refractivity contribution in [3.05, 3.63) is 35.4 Å². The highest BCUT2D eigenvalue weighted by Crippen LogP contribution is 2.39. The lowest BCUT2D eigenvalue weighted by molar-refractivity contribution is 0.225. The van der Waals surface area contributed by atoms with Gasteiger partial charge < -0.3 is 4.74 Å². The van der Waals surface area contributed by atoms with Gasteiger partial charge in [-0.2, -0.15) is 0 Å². The molecule has 1 fully saturated rings. The first-order valence-electron chi connectivity index (χ1n) is 4.76. The first-order valence-corrected chi connectivity index (χ1v) is 5.21. The third-order valence-corrected chi connectivity index (χ3v) is 2.50. The largest absolute Gasteiger partial charge is 0.399 e. The summed E-state index contributed by atoms with van der Waals surface area (Å²) in [5, 5.41) is 6.70. The Labute approximate surface area is 93.4 Å². The molecule has 1 aliphatic carbocycles. The van der Waals surface area contributed by atoms with E-state index < -0.39 is 5.30 Å². The van der Waals surface area contributed by atoms with Crippen molar-refractivity contribution in [1.82, 2.24) is 0 Å². The lowest BCUT2D eigenvalue weighted by atomic mass is 10.1. The van der Waals surface area contributed by atoms with Crippen LogP contribution in [0.3, 0.4) is 0 Å². The molecule has 3 nitrogen and oxygen atoms in total. The molecular weight excluding hydrogens is 210 g/mol. The first-order chi connectivity index (χ1) is 7.16. The molecule has 0 aromatic heterocycles. The first kappa shape index (κ1) is 10.2. The van der Waals surface area contributed by atoms with Crippen LogP contribution in [0.1, 0.15) is 29.9 Å². The van der Waals surface area contributed by atoms with Crippen molar-refractivity contribution in [1.29, 1.82) is 5.41 Å². The van der Waals surface area contributed by atoms with E-state index in [0.29, 0.717) is 11.5 Å². The number of ether oxygens (including phenoxy) is 1. The summed E-state index contributed by atoms with van der Waals surface area (Å²) in [6.45, 7) is 0. The van der Waals surface area contributed by atoms with Crippen LogP contribution in [-0.2, 0) is 4.74 Å². The molecule has 0 unspecified atom stereocenters. The molecule has 0 atom stereocenters. The smallest absolute Gasteiger partial charge is 0.370 e. The summed E-state index contributed by atoms with van der Waals surface area (Å²) in [4.78, 5) is 10.5. The minimum absolute atomic E-state index is 0.155. The van der Waals surface area contributed by atoms with Gasteiger partial charge in [-0.15, -0.1) is 0 Å². The van der Waals surface area contributed by atoms with Crippen molar-refractivity contribution >= 4 is 23.8 Å². The van der Waals surface area contributed by atoms with Crippen LogP contribution < -0.4 is 0 Å². The molecule has 0 aliphatic heterocycles. The van der Waals surface area contributed by atoms with Gasteiger partial charge in [0.05, 0.1) is 0 Å². The summed E-state index contributed by atoms with van der Waals surface area (Å²) in [7, 11) is 0. The predicted octanol–water partition coefficient (Wildman–Crippen LogP) is 2.96. The van der Waals surface area contributed by atoms with Crippen LogP contribution in [0.2, 0.25) is 0 Å². The molecule has 0 amide bonds. The number of hydrogen-bond acceptors (Lipinski definition) is 3. The van der Waals surface area contributed by atoms with Crippen LogP contribution in [-0.4, -0.2) is 11.2 Å². The van der Waals surface area contributed by atoms with Gasteiger partial charge >= 0.3 is 5.30 Å². The molecule has 0 spiro atoms. The predicted molar refractivity (Wildman–Crippen MR) is 60.7 cm³/mol. The Kier molecular flexibility index (Phi) is 2.77. The Balaban J connectivity index is 2.08. The van der Waals surface area contributed by atoms with Crippen molar-refractivity contribution in [2.24, 2.45) is 0 Å².